The number of amides is 2. The Balaban J connectivity index is 1.54. The molecule has 0 radical (unpaired) electrons. The van der Waals surface area contributed by atoms with Crippen molar-refractivity contribution in [3.8, 4) is 5.75 Å². The second kappa shape index (κ2) is 10.9. The summed E-state index contributed by atoms with van der Waals surface area (Å²) in [5, 5.41) is 5.63. The molecule has 1 aliphatic carbocycles. The van der Waals surface area contributed by atoms with Gasteiger partial charge < -0.3 is 20.1 Å². The Bertz CT molecular complexity index is 926. The molecule has 3 rings (SSSR count). The summed E-state index contributed by atoms with van der Waals surface area (Å²) in [6.07, 6.45) is 3.16. The summed E-state index contributed by atoms with van der Waals surface area (Å²) in [5.41, 5.74) is 0.783. The Morgan fingerprint density at radius 2 is 1.74 bits per heavy atom. The standard InChI is InChI=1S/C23H25BrN2O5/c1-15(22(28)26-17-6-2-3-7-17)31-23(29)19-8-4-5-9-20(19)30-14-21(27)25-18-12-10-16(24)11-13-18/h4-5,8-13,15,17H,2-3,6-7,14H2,1H3,(H,25,27)(H,26,28). The number of halogens is 1. The van der Waals surface area contributed by atoms with Crippen molar-refractivity contribution in [3.63, 3.8) is 0 Å². The number of para-hydroxylation sites is 1. The minimum absolute atomic E-state index is 0.147. The van der Waals surface area contributed by atoms with Gasteiger partial charge in [-0.3, -0.25) is 9.59 Å². The van der Waals surface area contributed by atoms with E-state index >= 15 is 0 Å². The molecule has 2 N–H and O–H groups in total. The van der Waals surface area contributed by atoms with E-state index in [1.54, 1.807) is 30.3 Å². The number of hydrogen-bond donors (Lipinski definition) is 2. The van der Waals surface area contributed by atoms with Crippen LogP contribution in [0.4, 0.5) is 5.69 Å². The highest BCUT2D eigenvalue weighted by molar-refractivity contribution is 9.10. The van der Waals surface area contributed by atoms with Crippen LogP contribution in [-0.4, -0.2) is 36.5 Å². The molecule has 1 atom stereocenters. The predicted molar refractivity (Wildman–Crippen MR) is 120 cm³/mol. The molecule has 1 saturated carbocycles. The van der Waals surface area contributed by atoms with Crippen LogP contribution in [-0.2, 0) is 14.3 Å². The number of benzene rings is 2. The lowest BCUT2D eigenvalue weighted by Crippen LogP contribution is -2.40. The van der Waals surface area contributed by atoms with Crippen LogP contribution in [0.3, 0.4) is 0 Å². The van der Waals surface area contributed by atoms with E-state index in [-0.39, 0.29) is 35.8 Å². The highest BCUT2D eigenvalue weighted by Crippen LogP contribution is 2.21. The van der Waals surface area contributed by atoms with Crippen molar-refractivity contribution < 1.29 is 23.9 Å². The molecule has 1 aliphatic rings. The Hall–Kier alpha value is -2.87. The van der Waals surface area contributed by atoms with Gasteiger partial charge in [0.15, 0.2) is 12.7 Å². The van der Waals surface area contributed by atoms with Gasteiger partial charge in [0.1, 0.15) is 11.3 Å². The van der Waals surface area contributed by atoms with Crippen LogP contribution in [0.15, 0.2) is 53.0 Å². The second-order valence-corrected chi connectivity index (χ2v) is 8.29. The molecular formula is C23H25BrN2O5. The van der Waals surface area contributed by atoms with Gasteiger partial charge in [-0.25, -0.2) is 4.79 Å². The average molecular weight is 489 g/mol. The Morgan fingerprint density at radius 3 is 2.45 bits per heavy atom. The van der Waals surface area contributed by atoms with Gasteiger partial charge in [-0.2, -0.15) is 0 Å². The van der Waals surface area contributed by atoms with Crippen molar-refractivity contribution in [2.75, 3.05) is 11.9 Å². The van der Waals surface area contributed by atoms with E-state index in [9.17, 15) is 14.4 Å². The largest absolute Gasteiger partial charge is 0.483 e. The van der Waals surface area contributed by atoms with Crippen molar-refractivity contribution >= 4 is 39.4 Å². The van der Waals surface area contributed by atoms with Crippen LogP contribution in [0.2, 0.25) is 0 Å². The second-order valence-electron chi connectivity index (χ2n) is 7.38. The number of carbonyl (C=O) groups is 3. The first-order chi connectivity index (χ1) is 14.9. The number of ether oxygens (including phenoxy) is 2. The molecule has 8 heteroatoms. The minimum Gasteiger partial charge on any atom is -0.483 e. The van der Waals surface area contributed by atoms with E-state index in [1.165, 1.54) is 13.0 Å². The van der Waals surface area contributed by atoms with Crippen LogP contribution in [0.1, 0.15) is 43.0 Å². The molecule has 0 saturated heterocycles. The summed E-state index contributed by atoms with van der Waals surface area (Å²) >= 11 is 3.34. The summed E-state index contributed by atoms with van der Waals surface area (Å²) in [5.74, 6) is -1.15. The monoisotopic (exact) mass is 488 g/mol. The quantitative estimate of drug-likeness (QED) is 0.546. The van der Waals surface area contributed by atoms with Gasteiger partial charge in [-0.15, -0.1) is 0 Å². The first-order valence-corrected chi connectivity index (χ1v) is 11.0. The van der Waals surface area contributed by atoms with Gasteiger partial charge in [0.25, 0.3) is 11.8 Å². The van der Waals surface area contributed by atoms with Gasteiger partial charge in [0.05, 0.1) is 0 Å². The summed E-state index contributed by atoms with van der Waals surface area (Å²) in [7, 11) is 0. The van der Waals surface area contributed by atoms with E-state index in [4.69, 9.17) is 9.47 Å². The molecule has 2 aromatic rings. The molecule has 0 aromatic heterocycles. The van der Waals surface area contributed by atoms with Crippen molar-refractivity contribution in [1.82, 2.24) is 5.32 Å². The van der Waals surface area contributed by atoms with Crippen LogP contribution >= 0.6 is 15.9 Å². The maximum atomic E-state index is 12.6. The van der Waals surface area contributed by atoms with Crippen LogP contribution in [0, 0.1) is 0 Å². The van der Waals surface area contributed by atoms with Crippen LogP contribution in [0.25, 0.3) is 0 Å². The third-order valence-electron chi connectivity index (χ3n) is 4.95. The Kier molecular flexibility index (Phi) is 8.06. The van der Waals surface area contributed by atoms with Crippen molar-refractivity contribution in [3.05, 3.63) is 58.6 Å². The molecule has 1 unspecified atom stereocenters. The normalized spacial score (nSPS) is 14.5. The molecule has 0 spiro atoms. The predicted octanol–water partition coefficient (Wildman–Crippen LogP) is 4.07. The van der Waals surface area contributed by atoms with Crippen molar-refractivity contribution in [1.29, 1.82) is 0 Å². The van der Waals surface area contributed by atoms with Gasteiger partial charge >= 0.3 is 5.97 Å². The van der Waals surface area contributed by atoms with Gasteiger partial charge in [-0.05, 0) is 56.2 Å². The minimum atomic E-state index is -0.929. The highest BCUT2D eigenvalue weighted by Gasteiger charge is 2.24. The fraction of sp³-hybridized carbons (Fsp3) is 0.348. The van der Waals surface area contributed by atoms with Gasteiger partial charge in [-0.1, -0.05) is 40.9 Å². The third-order valence-corrected chi connectivity index (χ3v) is 5.48. The zero-order valence-electron chi connectivity index (χ0n) is 17.2. The number of rotatable bonds is 8. The lowest BCUT2D eigenvalue weighted by Gasteiger charge is -2.18. The number of nitrogens with one attached hydrogen (secondary N) is 2. The topological polar surface area (TPSA) is 93.7 Å². The highest BCUT2D eigenvalue weighted by atomic mass is 79.9. The molecule has 164 valence electrons. The molecule has 7 nitrogen and oxygen atoms in total. The van der Waals surface area contributed by atoms with Crippen molar-refractivity contribution in [2.24, 2.45) is 0 Å². The molecule has 0 bridgehead atoms. The smallest absolute Gasteiger partial charge is 0.342 e. The summed E-state index contributed by atoms with van der Waals surface area (Å²) in [6, 6.07) is 13.7. The molecule has 2 aromatic carbocycles. The van der Waals surface area contributed by atoms with Crippen LogP contribution < -0.4 is 15.4 Å². The summed E-state index contributed by atoms with van der Waals surface area (Å²) in [4.78, 5) is 37.0. The molecule has 2 amide bonds. The van der Waals surface area contributed by atoms with Crippen LogP contribution in [0.5, 0.6) is 5.75 Å². The lowest BCUT2D eigenvalue weighted by molar-refractivity contribution is -0.129. The first kappa shape index (κ1) is 22.8. The number of hydrogen-bond acceptors (Lipinski definition) is 5. The van der Waals surface area contributed by atoms with E-state index in [2.05, 4.69) is 26.6 Å². The summed E-state index contributed by atoms with van der Waals surface area (Å²) in [6.45, 7) is 1.26. The third kappa shape index (κ3) is 6.82. The number of carbonyl (C=O) groups excluding carboxylic acids is 3. The van der Waals surface area contributed by atoms with Gasteiger partial charge in [0.2, 0.25) is 0 Å². The zero-order chi connectivity index (χ0) is 22.2. The SMILES string of the molecule is CC(OC(=O)c1ccccc1OCC(=O)Nc1ccc(Br)cc1)C(=O)NC1CCCC1. The van der Waals surface area contributed by atoms with E-state index in [0.29, 0.717) is 5.69 Å². The Morgan fingerprint density at radius 1 is 1.06 bits per heavy atom. The average Bonchev–Trinajstić information content (AvgIpc) is 3.27. The maximum Gasteiger partial charge on any atom is 0.342 e. The zero-order valence-corrected chi connectivity index (χ0v) is 18.8. The fourth-order valence-electron chi connectivity index (χ4n) is 3.30. The first-order valence-electron chi connectivity index (χ1n) is 10.2. The van der Waals surface area contributed by atoms with Crippen molar-refractivity contribution in [2.45, 2.75) is 44.8 Å². The molecular weight excluding hydrogens is 464 g/mol. The van der Waals surface area contributed by atoms with Gasteiger partial charge in [0, 0.05) is 16.2 Å². The molecule has 0 heterocycles. The van der Waals surface area contributed by atoms with E-state index in [0.717, 1.165) is 30.2 Å². The fourth-order valence-corrected chi connectivity index (χ4v) is 3.57. The summed E-state index contributed by atoms with van der Waals surface area (Å²) < 4.78 is 11.8. The maximum absolute atomic E-state index is 12.6. The molecule has 1 fully saturated rings. The number of anilines is 1. The Labute approximate surface area is 189 Å². The van der Waals surface area contributed by atoms with E-state index < -0.39 is 12.1 Å². The molecule has 0 aliphatic heterocycles. The lowest BCUT2D eigenvalue weighted by atomic mass is 10.2. The molecule has 31 heavy (non-hydrogen) atoms. The van der Waals surface area contributed by atoms with E-state index in [1.807, 2.05) is 12.1 Å². The number of esters is 1.